The maximum atomic E-state index is 9.28. The Hall–Kier alpha value is -2.38. The highest BCUT2D eigenvalue weighted by atomic mass is 16.5. The molecule has 2 rings (SSSR count). The Balaban J connectivity index is 2.45. The zero-order chi connectivity index (χ0) is 14.5. The standard InChI is InChI=1S/C16H16N2O2/c1-11(19-2)12-4-6-13(7-5-12)14-8-9-18-16(20-3)15(14)10-17/h4-9,11H,1-3H3. The summed E-state index contributed by atoms with van der Waals surface area (Å²) in [6.45, 7) is 1.99. The number of methoxy groups -OCH3 is 2. The van der Waals surface area contributed by atoms with Crippen LogP contribution in [0.15, 0.2) is 36.5 Å². The highest BCUT2D eigenvalue weighted by molar-refractivity contribution is 5.72. The summed E-state index contributed by atoms with van der Waals surface area (Å²) in [6, 6.07) is 11.9. The first-order valence-corrected chi connectivity index (χ1v) is 6.27. The van der Waals surface area contributed by atoms with E-state index in [4.69, 9.17) is 9.47 Å². The molecule has 1 aromatic heterocycles. The second-order valence-corrected chi connectivity index (χ2v) is 4.35. The van der Waals surface area contributed by atoms with Crippen molar-refractivity contribution in [3.63, 3.8) is 0 Å². The first-order valence-electron chi connectivity index (χ1n) is 6.27. The van der Waals surface area contributed by atoms with E-state index in [1.165, 1.54) is 7.11 Å². The number of rotatable bonds is 4. The van der Waals surface area contributed by atoms with Gasteiger partial charge in [-0.15, -0.1) is 0 Å². The van der Waals surface area contributed by atoms with Crippen LogP contribution in [0.2, 0.25) is 0 Å². The van der Waals surface area contributed by atoms with Gasteiger partial charge in [0.1, 0.15) is 11.6 Å². The average Bonchev–Trinajstić information content (AvgIpc) is 2.53. The van der Waals surface area contributed by atoms with E-state index in [2.05, 4.69) is 11.1 Å². The van der Waals surface area contributed by atoms with Crippen molar-refractivity contribution >= 4 is 0 Å². The number of ether oxygens (including phenoxy) is 2. The van der Waals surface area contributed by atoms with E-state index >= 15 is 0 Å². The summed E-state index contributed by atoms with van der Waals surface area (Å²) in [7, 11) is 3.19. The molecule has 0 spiro atoms. The maximum absolute atomic E-state index is 9.28. The van der Waals surface area contributed by atoms with Crippen molar-refractivity contribution in [2.45, 2.75) is 13.0 Å². The Morgan fingerprint density at radius 3 is 2.40 bits per heavy atom. The van der Waals surface area contributed by atoms with Crippen molar-refractivity contribution < 1.29 is 9.47 Å². The van der Waals surface area contributed by atoms with Crippen LogP contribution in [0.1, 0.15) is 24.2 Å². The van der Waals surface area contributed by atoms with Gasteiger partial charge in [0.05, 0.1) is 13.2 Å². The fraction of sp³-hybridized carbons (Fsp3) is 0.250. The largest absolute Gasteiger partial charge is 0.480 e. The van der Waals surface area contributed by atoms with Gasteiger partial charge in [-0.05, 0) is 24.1 Å². The lowest BCUT2D eigenvalue weighted by Gasteiger charge is -2.11. The van der Waals surface area contributed by atoms with Gasteiger partial charge in [0.2, 0.25) is 5.88 Å². The zero-order valence-corrected chi connectivity index (χ0v) is 11.8. The first-order chi connectivity index (χ1) is 9.71. The predicted octanol–water partition coefficient (Wildman–Crippen LogP) is 3.34. The number of nitriles is 1. The number of pyridine rings is 1. The van der Waals surface area contributed by atoms with Crippen molar-refractivity contribution in [2.24, 2.45) is 0 Å². The summed E-state index contributed by atoms with van der Waals surface area (Å²) in [5, 5.41) is 9.28. The van der Waals surface area contributed by atoms with Crippen molar-refractivity contribution in [1.82, 2.24) is 4.98 Å². The zero-order valence-electron chi connectivity index (χ0n) is 11.8. The lowest BCUT2D eigenvalue weighted by atomic mass is 9.99. The molecule has 0 radical (unpaired) electrons. The van der Waals surface area contributed by atoms with E-state index in [-0.39, 0.29) is 6.10 Å². The van der Waals surface area contributed by atoms with Crippen LogP contribution >= 0.6 is 0 Å². The molecular formula is C16H16N2O2. The normalized spacial score (nSPS) is 11.7. The molecule has 0 fully saturated rings. The number of aromatic nitrogens is 1. The minimum Gasteiger partial charge on any atom is -0.480 e. The van der Waals surface area contributed by atoms with Crippen molar-refractivity contribution in [3.8, 4) is 23.1 Å². The van der Waals surface area contributed by atoms with Crippen LogP contribution in [0, 0.1) is 11.3 Å². The Morgan fingerprint density at radius 1 is 1.15 bits per heavy atom. The molecule has 0 aliphatic heterocycles. The van der Waals surface area contributed by atoms with Crippen LogP contribution < -0.4 is 4.74 Å². The highest BCUT2D eigenvalue weighted by Gasteiger charge is 2.12. The van der Waals surface area contributed by atoms with Crippen LogP contribution in [0.25, 0.3) is 11.1 Å². The molecule has 20 heavy (non-hydrogen) atoms. The summed E-state index contributed by atoms with van der Waals surface area (Å²) >= 11 is 0. The van der Waals surface area contributed by atoms with Crippen molar-refractivity contribution in [2.75, 3.05) is 14.2 Å². The molecule has 1 aromatic carbocycles. The van der Waals surface area contributed by atoms with E-state index in [0.29, 0.717) is 11.4 Å². The lowest BCUT2D eigenvalue weighted by Crippen LogP contribution is -1.96. The summed E-state index contributed by atoms with van der Waals surface area (Å²) in [4.78, 5) is 4.05. The summed E-state index contributed by atoms with van der Waals surface area (Å²) in [6.07, 6.45) is 1.69. The predicted molar refractivity (Wildman–Crippen MR) is 76.4 cm³/mol. The smallest absolute Gasteiger partial charge is 0.232 e. The Kier molecular flexibility index (Phi) is 4.34. The third-order valence-corrected chi connectivity index (χ3v) is 3.27. The van der Waals surface area contributed by atoms with Gasteiger partial charge in [-0.1, -0.05) is 24.3 Å². The second-order valence-electron chi connectivity index (χ2n) is 4.35. The summed E-state index contributed by atoms with van der Waals surface area (Å²) in [5.74, 6) is 0.347. The molecule has 0 saturated heterocycles. The maximum Gasteiger partial charge on any atom is 0.232 e. The molecule has 0 aliphatic carbocycles. The van der Waals surface area contributed by atoms with Crippen molar-refractivity contribution in [1.29, 1.82) is 5.26 Å². The third kappa shape index (κ3) is 2.63. The molecule has 4 nitrogen and oxygen atoms in total. The molecule has 0 N–H and O–H groups in total. The lowest BCUT2D eigenvalue weighted by molar-refractivity contribution is 0.119. The second kappa shape index (κ2) is 6.18. The molecular weight excluding hydrogens is 252 g/mol. The number of hydrogen-bond donors (Lipinski definition) is 0. The van der Waals surface area contributed by atoms with Gasteiger partial charge < -0.3 is 9.47 Å². The first kappa shape index (κ1) is 14.0. The van der Waals surface area contributed by atoms with E-state index < -0.39 is 0 Å². The van der Waals surface area contributed by atoms with Gasteiger partial charge in [0.15, 0.2) is 0 Å². The average molecular weight is 268 g/mol. The Bertz CT molecular complexity index is 630. The van der Waals surface area contributed by atoms with Gasteiger partial charge in [-0.3, -0.25) is 0 Å². The monoisotopic (exact) mass is 268 g/mol. The quantitative estimate of drug-likeness (QED) is 0.853. The molecule has 1 unspecified atom stereocenters. The molecule has 102 valence electrons. The van der Waals surface area contributed by atoms with Crippen LogP contribution in [0.5, 0.6) is 5.88 Å². The van der Waals surface area contributed by atoms with Crippen molar-refractivity contribution in [3.05, 3.63) is 47.7 Å². The highest BCUT2D eigenvalue weighted by Crippen LogP contribution is 2.29. The Labute approximate surface area is 118 Å². The summed E-state index contributed by atoms with van der Waals surface area (Å²) in [5.41, 5.74) is 3.31. The molecule has 1 heterocycles. The van der Waals surface area contributed by atoms with Crippen LogP contribution in [0.4, 0.5) is 0 Å². The van der Waals surface area contributed by atoms with Crippen LogP contribution in [0.3, 0.4) is 0 Å². The summed E-state index contributed by atoms with van der Waals surface area (Å²) < 4.78 is 10.4. The van der Waals surface area contributed by atoms with Gasteiger partial charge in [0, 0.05) is 18.9 Å². The third-order valence-electron chi connectivity index (χ3n) is 3.27. The molecule has 0 saturated carbocycles. The Morgan fingerprint density at radius 2 is 1.85 bits per heavy atom. The van der Waals surface area contributed by atoms with E-state index in [1.54, 1.807) is 13.3 Å². The van der Waals surface area contributed by atoms with Crippen LogP contribution in [-0.4, -0.2) is 19.2 Å². The topological polar surface area (TPSA) is 55.1 Å². The molecule has 4 heteroatoms. The van der Waals surface area contributed by atoms with Gasteiger partial charge in [-0.25, -0.2) is 4.98 Å². The van der Waals surface area contributed by atoms with Gasteiger partial charge in [-0.2, -0.15) is 5.26 Å². The van der Waals surface area contributed by atoms with E-state index in [1.807, 2.05) is 37.3 Å². The molecule has 2 aromatic rings. The van der Waals surface area contributed by atoms with Crippen LogP contribution in [-0.2, 0) is 4.74 Å². The fourth-order valence-corrected chi connectivity index (χ4v) is 2.02. The molecule has 0 aliphatic rings. The fourth-order valence-electron chi connectivity index (χ4n) is 2.02. The molecule has 1 atom stereocenters. The van der Waals surface area contributed by atoms with Gasteiger partial charge in [0.25, 0.3) is 0 Å². The minimum atomic E-state index is 0.0477. The minimum absolute atomic E-state index is 0.0477. The number of nitrogens with zero attached hydrogens (tertiary/aromatic N) is 2. The number of hydrogen-bond acceptors (Lipinski definition) is 4. The molecule has 0 amide bonds. The SMILES string of the molecule is COc1nccc(-c2ccc(C(C)OC)cc2)c1C#N. The van der Waals surface area contributed by atoms with Gasteiger partial charge >= 0.3 is 0 Å². The number of benzene rings is 1. The van der Waals surface area contributed by atoms with E-state index in [9.17, 15) is 5.26 Å². The molecule has 0 bridgehead atoms. The van der Waals surface area contributed by atoms with E-state index in [0.717, 1.165) is 16.7 Å².